The Morgan fingerprint density at radius 1 is 0.960 bits per heavy atom. The third-order valence-electron chi connectivity index (χ3n) is 4.37. The fourth-order valence-corrected chi connectivity index (χ4v) is 3.18. The summed E-state index contributed by atoms with van der Waals surface area (Å²) >= 11 is 0. The number of rotatable bonds is 2. The van der Waals surface area contributed by atoms with Gasteiger partial charge in [-0.05, 0) is 48.4 Å². The van der Waals surface area contributed by atoms with Crippen LogP contribution in [0.2, 0.25) is 0 Å². The van der Waals surface area contributed by atoms with Crippen molar-refractivity contribution >= 4 is 11.0 Å². The van der Waals surface area contributed by atoms with Crippen LogP contribution in [0.5, 0.6) is 11.5 Å². The van der Waals surface area contributed by atoms with E-state index in [1.54, 1.807) is 19.2 Å². The summed E-state index contributed by atoms with van der Waals surface area (Å²) in [6.07, 6.45) is 0. The molecule has 0 amide bonds. The fourth-order valence-electron chi connectivity index (χ4n) is 3.18. The maximum Gasteiger partial charge on any atom is 0.182 e. The fraction of sp³-hybridized carbons (Fsp3) is 0.0952. The van der Waals surface area contributed by atoms with E-state index < -0.39 is 0 Å². The van der Waals surface area contributed by atoms with Crippen molar-refractivity contribution in [2.75, 3.05) is 7.11 Å². The Hall–Kier alpha value is -3.27. The molecule has 0 unspecified atom stereocenters. The van der Waals surface area contributed by atoms with Gasteiger partial charge in [0.1, 0.15) is 17.1 Å². The van der Waals surface area contributed by atoms with Crippen LogP contribution in [-0.4, -0.2) is 7.11 Å². The SMILES string of the molecule is COc1ccc(-c2c3ccc(=O)cc-3oc3cc([O-])ccc23)c(C)c1. The zero-order valence-corrected chi connectivity index (χ0v) is 13.8. The van der Waals surface area contributed by atoms with Crippen LogP contribution in [0, 0.1) is 6.92 Å². The second-order valence-electron chi connectivity index (χ2n) is 5.97. The number of aryl methyl sites for hydroxylation is 1. The molecule has 0 saturated carbocycles. The second kappa shape index (κ2) is 5.67. The van der Waals surface area contributed by atoms with Crippen molar-refractivity contribution in [1.29, 1.82) is 0 Å². The summed E-state index contributed by atoms with van der Waals surface area (Å²) in [4.78, 5) is 11.7. The van der Waals surface area contributed by atoms with Gasteiger partial charge in [-0.25, -0.2) is 0 Å². The van der Waals surface area contributed by atoms with E-state index in [0.717, 1.165) is 33.4 Å². The minimum absolute atomic E-state index is 0.133. The zero-order chi connectivity index (χ0) is 17.6. The first-order valence-electron chi connectivity index (χ1n) is 7.89. The number of methoxy groups -OCH3 is 1. The highest BCUT2D eigenvalue weighted by Gasteiger charge is 2.18. The summed E-state index contributed by atoms with van der Waals surface area (Å²) < 4.78 is 11.1. The molecule has 4 rings (SSSR count). The van der Waals surface area contributed by atoms with Crippen molar-refractivity contribution in [3.8, 4) is 33.9 Å². The minimum Gasteiger partial charge on any atom is -0.872 e. The van der Waals surface area contributed by atoms with E-state index in [1.165, 1.54) is 24.3 Å². The highest BCUT2D eigenvalue weighted by Crippen LogP contribution is 2.42. The van der Waals surface area contributed by atoms with Gasteiger partial charge in [-0.3, -0.25) is 4.79 Å². The summed E-state index contributed by atoms with van der Waals surface area (Å²) in [5.74, 6) is 1.11. The van der Waals surface area contributed by atoms with Crippen molar-refractivity contribution in [2.45, 2.75) is 6.92 Å². The predicted molar refractivity (Wildman–Crippen MR) is 95.3 cm³/mol. The van der Waals surface area contributed by atoms with Gasteiger partial charge in [-0.15, -0.1) is 5.75 Å². The number of hydrogen-bond donors (Lipinski definition) is 0. The third kappa shape index (κ3) is 2.52. The molecular weight excluding hydrogens is 316 g/mol. The van der Waals surface area contributed by atoms with E-state index in [-0.39, 0.29) is 11.2 Å². The molecule has 0 saturated heterocycles. The molecule has 1 aliphatic heterocycles. The summed E-state index contributed by atoms with van der Waals surface area (Å²) in [7, 11) is 1.63. The quantitative estimate of drug-likeness (QED) is 0.522. The minimum atomic E-state index is -0.133. The lowest BCUT2D eigenvalue weighted by Gasteiger charge is -2.18. The van der Waals surface area contributed by atoms with Gasteiger partial charge in [0, 0.05) is 22.6 Å². The summed E-state index contributed by atoms with van der Waals surface area (Å²) in [5.41, 5.74) is 4.15. The average molecular weight is 331 g/mol. The molecule has 124 valence electrons. The van der Waals surface area contributed by atoms with Crippen LogP contribution in [0.1, 0.15) is 5.56 Å². The van der Waals surface area contributed by atoms with Crippen LogP contribution in [-0.2, 0) is 0 Å². The molecule has 1 aliphatic carbocycles. The van der Waals surface area contributed by atoms with Crippen molar-refractivity contribution in [3.63, 3.8) is 0 Å². The molecule has 2 aromatic rings. The van der Waals surface area contributed by atoms with E-state index in [0.29, 0.717) is 11.3 Å². The van der Waals surface area contributed by atoms with Gasteiger partial charge >= 0.3 is 0 Å². The first kappa shape index (κ1) is 15.3. The molecule has 0 fully saturated rings. The Morgan fingerprint density at radius 2 is 1.76 bits per heavy atom. The van der Waals surface area contributed by atoms with Gasteiger partial charge in [-0.2, -0.15) is 0 Å². The van der Waals surface area contributed by atoms with Gasteiger partial charge < -0.3 is 14.3 Å². The predicted octanol–water partition coefficient (Wildman–Crippen LogP) is 3.96. The van der Waals surface area contributed by atoms with E-state index in [4.69, 9.17) is 9.15 Å². The number of benzene rings is 3. The smallest absolute Gasteiger partial charge is 0.182 e. The van der Waals surface area contributed by atoms with Crippen molar-refractivity contribution in [1.82, 2.24) is 0 Å². The summed E-state index contributed by atoms with van der Waals surface area (Å²) in [6, 6.07) is 15.3. The van der Waals surface area contributed by atoms with Crippen LogP contribution >= 0.6 is 0 Å². The Kier molecular flexibility index (Phi) is 3.46. The Balaban J connectivity index is 2.15. The lowest BCUT2D eigenvalue weighted by Crippen LogP contribution is -2.00. The van der Waals surface area contributed by atoms with Gasteiger partial charge in [0.25, 0.3) is 0 Å². The largest absolute Gasteiger partial charge is 0.872 e. The van der Waals surface area contributed by atoms with E-state index in [9.17, 15) is 9.90 Å². The van der Waals surface area contributed by atoms with E-state index in [2.05, 4.69) is 0 Å². The van der Waals surface area contributed by atoms with Crippen LogP contribution in [0.4, 0.5) is 0 Å². The van der Waals surface area contributed by atoms with Gasteiger partial charge in [0.05, 0.1) is 7.11 Å². The third-order valence-corrected chi connectivity index (χ3v) is 4.37. The van der Waals surface area contributed by atoms with Crippen molar-refractivity contribution in [3.05, 3.63) is 70.4 Å². The summed E-state index contributed by atoms with van der Waals surface area (Å²) in [5, 5.41) is 12.6. The highest BCUT2D eigenvalue weighted by molar-refractivity contribution is 6.02. The second-order valence-corrected chi connectivity index (χ2v) is 5.97. The molecule has 0 bridgehead atoms. The molecule has 25 heavy (non-hydrogen) atoms. The van der Waals surface area contributed by atoms with Crippen molar-refractivity contribution in [2.24, 2.45) is 0 Å². The lowest BCUT2D eigenvalue weighted by atomic mass is 9.91. The van der Waals surface area contributed by atoms with Crippen LogP contribution < -0.4 is 15.3 Å². The van der Waals surface area contributed by atoms with Crippen LogP contribution in [0.15, 0.2) is 63.8 Å². The van der Waals surface area contributed by atoms with Gasteiger partial charge in [0.15, 0.2) is 5.43 Å². The van der Waals surface area contributed by atoms with Gasteiger partial charge in [-0.1, -0.05) is 18.2 Å². The zero-order valence-electron chi connectivity index (χ0n) is 13.8. The molecule has 4 nitrogen and oxygen atoms in total. The monoisotopic (exact) mass is 331 g/mol. The lowest BCUT2D eigenvalue weighted by molar-refractivity contribution is -0.268. The number of ether oxygens (including phenoxy) is 1. The summed E-state index contributed by atoms with van der Waals surface area (Å²) in [6.45, 7) is 2.00. The molecule has 4 heteroatoms. The average Bonchev–Trinajstić information content (AvgIpc) is 2.59. The molecule has 0 radical (unpaired) electrons. The molecule has 0 N–H and O–H groups in total. The number of fused-ring (bicyclic) bond motifs is 2. The molecule has 1 heterocycles. The standard InChI is InChI=1S/C21H16O4/c1-12-9-15(24-2)5-8-16(12)21-17-6-3-13(22)10-19(17)25-20-11-14(23)4-7-18(20)21/h3-11,22H,1-2H3/p-1. The molecular formula is C21H15O4-. The Morgan fingerprint density at radius 3 is 2.52 bits per heavy atom. The normalized spacial score (nSPS) is 11.1. The van der Waals surface area contributed by atoms with E-state index >= 15 is 0 Å². The van der Waals surface area contributed by atoms with Gasteiger partial charge in [0.2, 0.25) is 0 Å². The number of hydrogen-bond acceptors (Lipinski definition) is 4. The first-order valence-corrected chi connectivity index (χ1v) is 7.89. The molecule has 2 aliphatic rings. The maximum absolute atomic E-state index is 11.7. The molecule has 0 spiro atoms. The first-order chi connectivity index (χ1) is 12.1. The Labute approximate surface area is 144 Å². The Bertz CT molecular complexity index is 1120. The highest BCUT2D eigenvalue weighted by atomic mass is 16.5. The molecule has 2 aromatic carbocycles. The molecule has 0 atom stereocenters. The van der Waals surface area contributed by atoms with Crippen LogP contribution in [0.25, 0.3) is 33.4 Å². The van der Waals surface area contributed by atoms with Crippen molar-refractivity contribution < 1.29 is 14.3 Å². The van der Waals surface area contributed by atoms with E-state index in [1.807, 2.05) is 25.1 Å². The molecule has 0 aromatic heterocycles. The topological polar surface area (TPSA) is 62.5 Å². The van der Waals surface area contributed by atoms with Crippen LogP contribution in [0.3, 0.4) is 0 Å². The maximum atomic E-state index is 11.7.